The number of urea groups is 1. The van der Waals surface area contributed by atoms with Gasteiger partial charge in [0.25, 0.3) is 0 Å². The lowest BCUT2D eigenvalue weighted by molar-refractivity contribution is 0.189. The summed E-state index contributed by atoms with van der Waals surface area (Å²) in [5.74, 6) is 0. The van der Waals surface area contributed by atoms with E-state index in [-0.39, 0.29) is 17.0 Å². The van der Waals surface area contributed by atoms with E-state index in [1.54, 1.807) is 23.1 Å². The summed E-state index contributed by atoms with van der Waals surface area (Å²) in [5.41, 5.74) is 3.04. The van der Waals surface area contributed by atoms with Gasteiger partial charge < -0.3 is 10.2 Å². The van der Waals surface area contributed by atoms with Crippen molar-refractivity contribution in [2.75, 3.05) is 45.2 Å². The molecule has 4 rings (SSSR count). The van der Waals surface area contributed by atoms with Crippen molar-refractivity contribution < 1.29 is 13.2 Å². The van der Waals surface area contributed by atoms with Gasteiger partial charge in [-0.1, -0.05) is 30.3 Å². The van der Waals surface area contributed by atoms with E-state index in [4.69, 9.17) is 0 Å². The second-order valence-corrected chi connectivity index (χ2v) is 11.0. The van der Waals surface area contributed by atoms with Gasteiger partial charge in [0, 0.05) is 45.5 Å². The highest BCUT2D eigenvalue weighted by Crippen LogP contribution is 2.31. The molecule has 1 unspecified atom stereocenters. The third-order valence-electron chi connectivity index (χ3n) is 6.36. The van der Waals surface area contributed by atoms with Gasteiger partial charge in [-0.3, -0.25) is 4.90 Å². The molecular weight excluding hydrogens is 424 g/mol. The molecule has 0 aliphatic carbocycles. The van der Waals surface area contributed by atoms with Gasteiger partial charge in [-0.05, 0) is 61.6 Å². The van der Waals surface area contributed by atoms with Crippen LogP contribution >= 0.6 is 0 Å². The maximum atomic E-state index is 13.0. The molecule has 8 heteroatoms. The van der Waals surface area contributed by atoms with Gasteiger partial charge in [-0.2, -0.15) is 0 Å². The first-order valence-electron chi connectivity index (χ1n) is 11.2. The van der Waals surface area contributed by atoms with Crippen LogP contribution < -0.4 is 10.2 Å². The minimum Gasteiger partial charge on any atom is -0.334 e. The molecule has 0 aromatic heterocycles. The van der Waals surface area contributed by atoms with Crippen molar-refractivity contribution in [2.45, 2.75) is 36.6 Å². The number of carbonyl (C=O) groups is 1. The standard InChI is InChI=1S/C24H32N4O3S/c1-26(2)32(30,31)22-10-11-23-20(17-22)13-16-28(23)24(29)25-21-9-6-14-27(18-21)15-12-19-7-4-3-5-8-19/h3-5,7-8,10-11,17,21H,6,9,12-16,18H2,1-2H3,(H,25,29). The Labute approximate surface area is 191 Å². The first kappa shape index (κ1) is 22.8. The van der Waals surface area contributed by atoms with Crippen LogP contribution in [-0.2, 0) is 22.9 Å². The Hall–Kier alpha value is -2.42. The van der Waals surface area contributed by atoms with Gasteiger partial charge in [0.2, 0.25) is 10.0 Å². The molecule has 2 aliphatic rings. The summed E-state index contributed by atoms with van der Waals surface area (Å²) in [4.78, 5) is 17.5. The molecule has 0 spiro atoms. The first-order valence-corrected chi connectivity index (χ1v) is 12.7. The van der Waals surface area contributed by atoms with Gasteiger partial charge in [0.05, 0.1) is 4.90 Å². The lowest BCUT2D eigenvalue weighted by atomic mass is 10.0. The molecule has 2 aliphatic heterocycles. The monoisotopic (exact) mass is 456 g/mol. The minimum atomic E-state index is -3.48. The highest BCUT2D eigenvalue weighted by molar-refractivity contribution is 7.89. The molecule has 7 nitrogen and oxygen atoms in total. The fourth-order valence-corrected chi connectivity index (χ4v) is 5.47. The Bertz CT molecular complexity index is 1060. The van der Waals surface area contributed by atoms with Crippen molar-refractivity contribution in [2.24, 2.45) is 0 Å². The molecule has 2 heterocycles. The number of fused-ring (bicyclic) bond motifs is 1. The molecule has 32 heavy (non-hydrogen) atoms. The van der Waals surface area contributed by atoms with E-state index < -0.39 is 10.0 Å². The zero-order valence-electron chi connectivity index (χ0n) is 18.8. The predicted octanol–water partition coefficient (Wildman–Crippen LogP) is 2.72. The van der Waals surface area contributed by atoms with Crippen LogP contribution in [0.3, 0.4) is 0 Å². The van der Waals surface area contributed by atoms with Crippen LogP contribution in [-0.4, -0.2) is 70.0 Å². The average molecular weight is 457 g/mol. The van der Waals surface area contributed by atoms with Crippen molar-refractivity contribution in [1.29, 1.82) is 0 Å². The molecular formula is C24H32N4O3S. The Morgan fingerprint density at radius 3 is 2.66 bits per heavy atom. The summed E-state index contributed by atoms with van der Waals surface area (Å²) >= 11 is 0. The van der Waals surface area contributed by atoms with Crippen molar-refractivity contribution in [1.82, 2.24) is 14.5 Å². The predicted molar refractivity (Wildman–Crippen MR) is 127 cm³/mol. The number of nitrogens with zero attached hydrogens (tertiary/aromatic N) is 3. The molecule has 0 bridgehead atoms. The van der Waals surface area contributed by atoms with E-state index in [1.807, 2.05) is 6.07 Å². The van der Waals surface area contributed by atoms with Crippen molar-refractivity contribution in [3.8, 4) is 0 Å². The van der Waals surface area contributed by atoms with Gasteiger partial charge in [-0.15, -0.1) is 0 Å². The van der Waals surface area contributed by atoms with Crippen LogP contribution in [0.2, 0.25) is 0 Å². The van der Waals surface area contributed by atoms with E-state index in [0.29, 0.717) is 13.0 Å². The zero-order chi connectivity index (χ0) is 22.7. The summed E-state index contributed by atoms with van der Waals surface area (Å²) in [6.45, 7) is 3.48. The second kappa shape index (κ2) is 9.60. The molecule has 0 radical (unpaired) electrons. The number of sulfonamides is 1. The third kappa shape index (κ3) is 4.98. The molecule has 2 aromatic rings. The lowest BCUT2D eigenvalue weighted by Crippen LogP contribution is -2.51. The second-order valence-electron chi connectivity index (χ2n) is 8.80. The number of hydrogen-bond acceptors (Lipinski definition) is 4. The summed E-state index contributed by atoms with van der Waals surface area (Å²) in [7, 11) is -0.435. The maximum Gasteiger partial charge on any atom is 0.322 e. The number of likely N-dealkylation sites (tertiary alicyclic amines) is 1. The fraction of sp³-hybridized carbons (Fsp3) is 0.458. The topological polar surface area (TPSA) is 73.0 Å². The lowest BCUT2D eigenvalue weighted by Gasteiger charge is -2.34. The van der Waals surface area contributed by atoms with Crippen LogP contribution in [0, 0.1) is 0 Å². The molecule has 0 saturated carbocycles. The molecule has 1 saturated heterocycles. The number of carbonyl (C=O) groups excluding carboxylic acids is 1. The van der Waals surface area contributed by atoms with Gasteiger partial charge in [0.1, 0.15) is 0 Å². The number of rotatable bonds is 6. The van der Waals surface area contributed by atoms with E-state index in [9.17, 15) is 13.2 Å². The van der Waals surface area contributed by atoms with Crippen molar-refractivity contribution >= 4 is 21.7 Å². The maximum absolute atomic E-state index is 13.0. The molecule has 2 aromatic carbocycles. The zero-order valence-corrected chi connectivity index (χ0v) is 19.6. The number of nitrogens with one attached hydrogen (secondary N) is 1. The first-order chi connectivity index (χ1) is 15.3. The highest BCUT2D eigenvalue weighted by atomic mass is 32.2. The third-order valence-corrected chi connectivity index (χ3v) is 8.17. The molecule has 1 fully saturated rings. The number of piperidine rings is 1. The Kier molecular flexibility index (Phi) is 6.83. The van der Waals surface area contributed by atoms with Crippen molar-refractivity contribution in [3.63, 3.8) is 0 Å². The summed E-state index contributed by atoms with van der Waals surface area (Å²) in [6.07, 6.45) is 3.73. The summed E-state index contributed by atoms with van der Waals surface area (Å²) < 4.78 is 26.0. The molecule has 1 N–H and O–H groups in total. The molecule has 2 amide bonds. The van der Waals surface area contributed by atoms with Gasteiger partial charge in [-0.25, -0.2) is 17.5 Å². The normalized spacial score (nSPS) is 19.2. The largest absolute Gasteiger partial charge is 0.334 e. The number of amides is 2. The molecule has 1 atom stereocenters. The fourth-order valence-electron chi connectivity index (χ4n) is 4.52. The number of benzene rings is 2. The summed E-state index contributed by atoms with van der Waals surface area (Å²) in [5, 5.41) is 3.21. The number of anilines is 1. The van der Waals surface area contributed by atoms with Gasteiger partial charge >= 0.3 is 6.03 Å². The Balaban J connectivity index is 1.36. The van der Waals surface area contributed by atoms with Crippen LogP contribution in [0.4, 0.5) is 10.5 Å². The van der Waals surface area contributed by atoms with Gasteiger partial charge in [0.15, 0.2) is 0 Å². The Morgan fingerprint density at radius 2 is 1.91 bits per heavy atom. The van der Waals surface area contributed by atoms with E-state index in [1.165, 1.54) is 24.0 Å². The van der Waals surface area contributed by atoms with E-state index in [2.05, 4.69) is 34.5 Å². The number of hydrogen-bond donors (Lipinski definition) is 1. The smallest absolute Gasteiger partial charge is 0.322 e. The molecule has 172 valence electrons. The minimum absolute atomic E-state index is 0.0955. The van der Waals surface area contributed by atoms with Crippen molar-refractivity contribution in [3.05, 3.63) is 59.7 Å². The van der Waals surface area contributed by atoms with E-state index in [0.717, 1.165) is 50.1 Å². The summed E-state index contributed by atoms with van der Waals surface area (Å²) in [6, 6.07) is 15.6. The highest BCUT2D eigenvalue weighted by Gasteiger charge is 2.29. The average Bonchev–Trinajstić information content (AvgIpc) is 3.22. The quantitative estimate of drug-likeness (QED) is 0.726. The SMILES string of the molecule is CN(C)S(=O)(=O)c1ccc2c(c1)CCN2C(=O)NC1CCCN(CCc2ccccc2)C1. The van der Waals surface area contributed by atoms with E-state index >= 15 is 0 Å². The van der Waals surface area contributed by atoms with Crippen LogP contribution in [0.25, 0.3) is 0 Å². The Morgan fingerprint density at radius 1 is 1.12 bits per heavy atom. The van der Waals surface area contributed by atoms with Crippen LogP contribution in [0.5, 0.6) is 0 Å². The van der Waals surface area contributed by atoms with Crippen LogP contribution in [0.15, 0.2) is 53.4 Å². The van der Waals surface area contributed by atoms with Crippen LogP contribution in [0.1, 0.15) is 24.0 Å².